The Balaban J connectivity index is 2.99. The second kappa shape index (κ2) is 10.2. The van der Waals surface area contributed by atoms with E-state index in [0.717, 1.165) is 7.11 Å². The monoisotopic (exact) mass is 444 g/mol. The highest BCUT2D eigenvalue weighted by Gasteiger charge is 2.60. The fraction of sp³-hybridized carbons (Fsp3) is 0.471. The third-order valence-electron chi connectivity index (χ3n) is 3.62. The molecule has 0 unspecified atom stereocenters. The van der Waals surface area contributed by atoms with Crippen LogP contribution in [-0.4, -0.2) is 55.6 Å². The summed E-state index contributed by atoms with van der Waals surface area (Å²) in [6.07, 6.45) is -18.6. The lowest BCUT2D eigenvalue weighted by molar-refractivity contribution is -0.307. The van der Waals surface area contributed by atoms with Gasteiger partial charge in [0.25, 0.3) is 6.10 Å². The van der Waals surface area contributed by atoms with Crippen molar-refractivity contribution in [2.24, 2.45) is 0 Å². The molecule has 0 bridgehead atoms. The van der Waals surface area contributed by atoms with E-state index in [4.69, 9.17) is 0 Å². The van der Waals surface area contributed by atoms with Gasteiger partial charge in [0.05, 0.1) is 7.11 Å². The molecule has 13 heteroatoms. The van der Waals surface area contributed by atoms with Crippen molar-refractivity contribution in [3.05, 3.63) is 35.9 Å². The number of nitrogens with one attached hydrogen (secondary N) is 2. The van der Waals surface area contributed by atoms with Crippen LogP contribution in [0, 0.1) is 0 Å². The lowest BCUT2D eigenvalue weighted by atomic mass is 10.1. The summed E-state index contributed by atoms with van der Waals surface area (Å²) in [6, 6.07) is 4.91. The molecule has 2 N–H and O–H groups in total. The van der Waals surface area contributed by atoms with Crippen molar-refractivity contribution >= 4 is 18.0 Å². The molecule has 0 aromatic heterocycles. The van der Waals surface area contributed by atoms with E-state index in [1.807, 2.05) is 0 Å². The fourth-order valence-corrected chi connectivity index (χ4v) is 2.21. The average Bonchev–Trinajstić information content (AvgIpc) is 2.63. The van der Waals surface area contributed by atoms with Gasteiger partial charge in [0, 0.05) is 6.42 Å². The first-order chi connectivity index (χ1) is 13.8. The number of methoxy groups -OCH3 is 1. The van der Waals surface area contributed by atoms with E-state index in [1.54, 1.807) is 23.5 Å². The van der Waals surface area contributed by atoms with Crippen LogP contribution in [0.15, 0.2) is 30.3 Å². The van der Waals surface area contributed by atoms with Crippen LogP contribution in [0.5, 0.6) is 0 Å². The summed E-state index contributed by atoms with van der Waals surface area (Å²) in [7, 11) is 1.04. The summed E-state index contributed by atoms with van der Waals surface area (Å²) in [5.74, 6) is -1.91. The minimum absolute atomic E-state index is 0.307. The van der Waals surface area contributed by atoms with Crippen LogP contribution in [-0.2, 0) is 25.5 Å². The van der Waals surface area contributed by atoms with Gasteiger partial charge in [-0.05, 0) is 12.5 Å². The topological polar surface area (TPSA) is 93.7 Å². The van der Waals surface area contributed by atoms with Crippen LogP contribution < -0.4 is 10.6 Å². The molecule has 0 aliphatic carbocycles. The quantitative estimate of drug-likeness (QED) is 0.498. The Morgan fingerprint density at radius 2 is 1.50 bits per heavy atom. The first kappa shape index (κ1) is 25.0. The standard InChI is InChI=1S/C17H18F6N2O5/c1-9(13(27)29-2)24-12(26)11(8-10-6-4-3-5-7-10)25-15(28)30-14(16(18,19)20)17(21,22)23/h3-7,9,11,14H,8H2,1-2H3,(H,24,26)(H,25,28)/t9-,11-/m0/s1. The molecule has 168 valence electrons. The maximum atomic E-state index is 12.6. The minimum atomic E-state index is -5.91. The molecule has 0 saturated heterocycles. The van der Waals surface area contributed by atoms with Gasteiger partial charge in [-0.25, -0.2) is 9.59 Å². The van der Waals surface area contributed by atoms with Gasteiger partial charge in [-0.15, -0.1) is 0 Å². The molecule has 2 amide bonds. The molecule has 0 fully saturated rings. The van der Waals surface area contributed by atoms with Crippen LogP contribution in [0.3, 0.4) is 0 Å². The molecule has 7 nitrogen and oxygen atoms in total. The van der Waals surface area contributed by atoms with Crippen molar-refractivity contribution in [3.63, 3.8) is 0 Å². The van der Waals surface area contributed by atoms with E-state index in [-0.39, 0.29) is 6.42 Å². The molecular formula is C17H18F6N2O5. The van der Waals surface area contributed by atoms with Crippen molar-refractivity contribution in [3.8, 4) is 0 Å². The number of rotatable bonds is 7. The Morgan fingerprint density at radius 3 is 1.97 bits per heavy atom. The first-order valence-electron chi connectivity index (χ1n) is 8.28. The molecule has 0 heterocycles. The van der Waals surface area contributed by atoms with Crippen LogP contribution >= 0.6 is 0 Å². The van der Waals surface area contributed by atoms with E-state index in [1.165, 1.54) is 19.1 Å². The second-order valence-electron chi connectivity index (χ2n) is 6.01. The predicted octanol–water partition coefficient (Wildman–Crippen LogP) is 2.49. The zero-order valence-corrected chi connectivity index (χ0v) is 15.6. The van der Waals surface area contributed by atoms with Gasteiger partial charge in [-0.1, -0.05) is 30.3 Å². The zero-order chi connectivity index (χ0) is 23.1. The van der Waals surface area contributed by atoms with E-state index in [9.17, 15) is 40.7 Å². The molecular weight excluding hydrogens is 426 g/mol. The van der Waals surface area contributed by atoms with Gasteiger partial charge < -0.3 is 20.1 Å². The summed E-state index contributed by atoms with van der Waals surface area (Å²) in [4.78, 5) is 35.5. The average molecular weight is 444 g/mol. The highest BCUT2D eigenvalue weighted by Crippen LogP contribution is 2.35. The van der Waals surface area contributed by atoms with Crippen LogP contribution in [0.2, 0.25) is 0 Å². The van der Waals surface area contributed by atoms with Crippen molar-refractivity contribution in [1.29, 1.82) is 0 Å². The zero-order valence-electron chi connectivity index (χ0n) is 15.6. The number of halogens is 6. The molecule has 0 saturated carbocycles. The molecule has 1 aromatic rings. The minimum Gasteiger partial charge on any atom is -0.467 e. The van der Waals surface area contributed by atoms with Crippen molar-refractivity contribution < 1.29 is 50.2 Å². The number of carbonyl (C=O) groups excluding carboxylic acids is 3. The van der Waals surface area contributed by atoms with E-state index < -0.39 is 48.5 Å². The van der Waals surface area contributed by atoms with Gasteiger partial charge in [-0.2, -0.15) is 26.3 Å². The molecule has 0 spiro atoms. The summed E-state index contributed by atoms with van der Waals surface area (Å²) in [6.45, 7) is 1.23. The maximum absolute atomic E-state index is 12.6. The summed E-state index contributed by atoms with van der Waals surface area (Å²) >= 11 is 0. The third kappa shape index (κ3) is 7.79. The van der Waals surface area contributed by atoms with Gasteiger partial charge in [0.15, 0.2) is 0 Å². The Kier molecular flexibility index (Phi) is 8.49. The SMILES string of the molecule is COC(=O)[C@H](C)NC(=O)[C@H](Cc1ccccc1)NC(=O)OC(C(F)(F)F)C(F)(F)F. The Morgan fingerprint density at radius 1 is 0.967 bits per heavy atom. The van der Waals surface area contributed by atoms with E-state index in [0.29, 0.717) is 5.56 Å². The van der Waals surface area contributed by atoms with Gasteiger partial charge >= 0.3 is 24.4 Å². The number of hydrogen-bond acceptors (Lipinski definition) is 5. The van der Waals surface area contributed by atoms with Gasteiger partial charge in [0.1, 0.15) is 12.1 Å². The summed E-state index contributed by atoms with van der Waals surface area (Å²) in [5.41, 5.74) is 0.423. The third-order valence-corrected chi connectivity index (χ3v) is 3.62. The number of esters is 1. The summed E-state index contributed by atoms with van der Waals surface area (Å²) < 4.78 is 83.3. The van der Waals surface area contributed by atoms with Crippen LogP contribution in [0.4, 0.5) is 31.1 Å². The lowest BCUT2D eigenvalue weighted by Crippen LogP contribution is -2.54. The second-order valence-corrected chi connectivity index (χ2v) is 6.01. The van der Waals surface area contributed by atoms with Crippen molar-refractivity contribution in [2.45, 2.75) is 43.9 Å². The van der Waals surface area contributed by atoms with Gasteiger partial charge in [0.2, 0.25) is 5.91 Å². The Labute approximate surface area is 166 Å². The van der Waals surface area contributed by atoms with Gasteiger partial charge in [-0.3, -0.25) is 4.79 Å². The Bertz CT molecular complexity index is 724. The number of carbonyl (C=O) groups is 3. The van der Waals surface area contributed by atoms with Crippen molar-refractivity contribution in [2.75, 3.05) is 7.11 Å². The molecule has 0 aliphatic heterocycles. The molecule has 0 radical (unpaired) electrons. The predicted molar refractivity (Wildman–Crippen MR) is 89.1 cm³/mol. The normalized spacial score (nSPS) is 13.9. The maximum Gasteiger partial charge on any atom is 0.434 e. The largest absolute Gasteiger partial charge is 0.467 e. The van der Waals surface area contributed by atoms with Crippen molar-refractivity contribution in [1.82, 2.24) is 10.6 Å². The number of alkyl carbamates (subject to hydrolysis) is 1. The number of benzene rings is 1. The molecule has 1 rings (SSSR count). The summed E-state index contributed by atoms with van der Waals surface area (Å²) in [5, 5.41) is 3.82. The molecule has 2 atom stereocenters. The highest BCUT2D eigenvalue weighted by atomic mass is 19.4. The van der Waals surface area contributed by atoms with Crippen LogP contribution in [0.25, 0.3) is 0 Å². The molecule has 1 aromatic carbocycles. The fourth-order valence-electron chi connectivity index (χ4n) is 2.21. The van der Waals surface area contributed by atoms with E-state index >= 15 is 0 Å². The van der Waals surface area contributed by atoms with Crippen LogP contribution in [0.1, 0.15) is 12.5 Å². The highest BCUT2D eigenvalue weighted by molar-refractivity contribution is 5.89. The Hall–Kier alpha value is -2.99. The lowest BCUT2D eigenvalue weighted by Gasteiger charge is -2.25. The number of hydrogen-bond donors (Lipinski definition) is 2. The number of ether oxygens (including phenoxy) is 2. The smallest absolute Gasteiger partial charge is 0.434 e. The van der Waals surface area contributed by atoms with E-state index in [2.05, 4.69) is 14.8 Å². The molecule has 30 heavy (non-hydrogen) atoms. The number of amides is 2. The first-order valence-corrected chi connectivity index (χ1v) is 8.28. The number of alkyl halides is 6. The molecule has 0 aliphatic rings.